The Hall–Kier alpha value is -3.15. The standard InChI is InChI=1S/C18H16N4O2.C4H8/c23-10-19-14-7-8-15-16(9-14)22-17(21-15)11-3-5-13(6-4-11)20-18(24)12-1-2-12;1-4-2-3-4/h3-10,12H,1-2H2,(H,19,23)(H,20,24)(H,21,22);4H,2-3H2,1H3. The first-order valence-corrected chi connectivity index (χ1v) is 9.73. The number of aromatic amines is 1. The highest BCUT2D eigenvalue weighted by Crippen LogP contribution is 2.30. The second-order valence-electron chi connectivity index (χ2n) is 7.60. The van der Waals surface area contributed by atoms with E-state index in [4.69, 9.17) is 0 Å². The van der Waals surface area contributed by atoms with Crippen molar-refractivity contribution in [3.63, 3.8) is 0 Å². The fourth-order valence-corrected chi connectivity index (χ4v) is 2.77. The summed E-state index contributed by atoms with van der Waals surface area (Å²) in [5.41, 5.74) is 4.12. The van der Waals surface area contributed by atoms with Crippen LogP contribution in [0, 0.1) is 11.8 Å². The zero-order chi connectivity index (χ0) is 19.5. The molecule has 3 aromatic rings. The molecule has 3 N–H and O–H groups in total. The third-order valence-electron chi connectivity index (χ3n) is 4.95. The number of nitrogens with zero attached hydrogens (tertiary/aromatic N) is 1. The first kappa shape index (κ1) is 18.2. The van der Waals surface area contributed by atoms with E-state index in [2.05, 4.69) is 27.5 Å². The lowest BCUT2D eigenvalue weighted by molar-refractivity contribution is -0.117. The lowest BCUT2D eigenvalue weighted by atomic mass is 10.2. The van der Waals surface area contributed by atoms with Crippen molar-refractivity contribution in [3.05, 3.63) is 42.5 Å². The SMILES string of the molecule is CC1CC1.O=CNc1ccc2nc(-c3ccc(NC(=O)C4CC4)cc3)[nH]c2c1. The molecule has 0 bridgehead atoms. The van der Waals surface area contributed by atoms with Crippen LogP contribution in [0.4, 0.5) is 11.4 Å². The number of fused-ring (bicyclic) bond motifs is 1. The number of H-pyrrole nitrogens is 1. The van der Waals surface area contributed by atoms with Crippen molar-refractivity contribution >= 4 is 34.7 Å². The number of rotatable bonds is 5. The van der Waals surface area contributed by atoms with Gasteiger partial charge in [0.25, 0.3) is 0 Å². The number of benzene rings is 2. The Balaban J connectivity index is 0.000000429. The maximum atomic E-state index is 11.8. The Bertz CT molecular complexity index is 985. The maximum absolute atomic E-state index is 11.8. The average molecular weight is 376 g/mol. The average Bonchev–Trinajstić information content (AvgIpc) is 3.62. The molecule has 2 aliphatic rings. The zero-order valence-electron chi connectivity index (χ0n) is 15.9. The van der Waals surface area contributed by atoms with Gasteiger partial charge in [-0.05, 0) is 61.2 Å². The van der Waals surface area contributed by atoms with E-state index in [9.17, 15) is 9.59 Å². The number of nitrogens with one attached hydrogen (secondary N) is 3. The molecule has 1 heterocycles. The molecule has 2 aliphatic carbocycles. The van der Waals surface area contributed by atoms with Gasteiger partial charge in [-0.1, -0.05) is 19.8 Å². The van der Waals surface area contributed by atoms with E-state index in [-0.39, 0.29) is 11.8 Å². The Morgan fingerprint density at radius 3 is 2.36 bits per heavy atom. The van der Waals surface area contributed by atoms with Crippen molar-refractivity contribution in [1.82, 2.24) is 9.97 Å². The fraction of sp³-hybridized carbons (Fsp3) is 0.318. The van der Waals surface area contributed by atoms with E-state index >= 15 is 0 Å². The summed E-state index contributed by atoms with van der Waals surface area (Å²) < 4.78 is 0. The van der Waals surface area contributed by atoms with E-state index in [0.29, 0.717) is 12.1 Å². The van der Waals surface area contributed by atoms with Crippen LogP contribution in [0.15, 0.2) is 42.5 Å². The minimum Gasteiger partial charge on any atom is -0.338 e. The summed E-state index contributed by atoms with van der Waals surface area (Å²) in [5, 5.41) is 5.54. The smallest absolute Gasteiger partial charge is 0.227 e. The lowest BCUT2D eigenvalue weighted by Crippen LogP contribution is -2.12. The molecule has 0 spiro atoms. The number of carbonyl (C=O) groups excluding carboxylic acids is 2. The van der Waals surface area contributed by atoms with Gasteiger partial charge in [0.15, 0.2) is 0 Å². The maximum Gasteiger partial charge on any atom is 0.227 e. The van der Waals surface area contributed by atoms with Gasteiger partial charge in [-0.3, -0.25) is 9.59 Å². The number of carbonyl (C=O) groups is 2. The number of anilines is 2. The molecule has 6 heteroatoms. The molecular formula is C22H24N4O2. The van der Waals surface area contributed by atoms with Gasteiger partial charge in [0.2, 0.25) is 12.3 Å². The first-order chi connectivity index (χ1) is 13.6. The topological polar surface area (TPSA) is 86.9 Å². The second-order valence-corrected chi connectivity index (χ2v) is 7.60. The molecule has 1 aromatic heterocycles. The number of hydrogen-bond acceptors (Lipinski definition) is 3. The van der Waals surface area contributed by atoms with Crippen molar-refractivity contribution in [3.8, 4) is 11.4 Å². The van der Waals surface area contributed by atoms with Crippen molar-refractivity contribution in [2.45, 2.75) is 32.6 Å². The Morgan fingerprint density at radius 1 is 1.07 bits per heavy atom. The largest absolute Gasteiger partial charge is 0.338 e. The summed E-state index contributed by atoms with van der Waals surface area (Å²) in [6.45, 7) is 2.28. The molecule has 0 radical (unpaired) electrons. The van der Waals surface area contributed by atoms with E-state index < -0.39 is 0 Å². The normalized spacial score (nSPS) is 15.5. The molecule has 5 rings (SSSR count). The van der Waals surface area contributed by atoms with Crippen LogP contribution >= 0.6 is 0 Å². The third-order valence-corrected chi connectivity index (χ3v) is 4.95. The van der Waals surface area contributed by atoms with Crippen LogP contribution in [0.5, 0.6) is 0 Å². The van der Waals surface area contributed by atoms with Crippen LogP contribution in [0.1, 0.15) is 32.6 Å². The van der Waals surface area contributed by atoms with Gasteiger partial charge in [0.05, 0.1) is 11.0 Å². The van der Waals surface area contributed by atoms with Crippen LogP contribution in [-0.4, -0.2) is 22.3 Å². The summed E-state index contributed by atoms with van der Waals surface area (Å²) in [7, 11) is 0. The van der Waals surface area contributed by atoms with Gasteiger partial charge in [-0.2, -0.15) is 0 Å². The summed E-state index contributed by atoms with van der Waals surface area (Å²) in [5.74, 6) is 2.12. The predicted octanol–water partition coefficient (Wildman–Crippen LogP) is 4.56. The Labute approximate surface area is 163 Å². The minimum absolute atomic E-state index is 0.0988. The van der Waals surface area contributed by atoms with Crippen LogP contribution in [0.2, 0.25) is 0 Å². The van der Waals surface area contributed by atoms with Crippen LogP contribution in [0.25, 0.3) is 22.4 Å². The molecule has 6 nitrogen and oxygen atoms in total. The molecule has 144 valence electrons. The lowest BCUT2D eigenvalue weighted by Gasteiger charge is -2.04. The van der Waals surface area contributed by atoms with Gasteiger partial charge in [0, 0.05) is 22.9 Å². The van der Waals surface area contributed by atoms with Gasteiger partial charge in [-0.15, -0.1) is 0 Å². The van der Waals surface area contributed by atoms with Crippen LogP contribution in [-0.2, 0) is 9.59 Å². The third kappa shape index (κ3) is 4.57. The van der Waals surface area contributed by atoms with E-state index in [0.717, 1.165) is 46.9 Å². The number of amides is 2. The second kappa shape index (κ2) is 7.84. The predicted molar refractivity (Wildman–Crippen MR) is 111 cm³/mol. The monoisotopic (exact) mass is 376 g/mol. The highest BCUT2D eigenvalue weighted by Gasteiger charge is 2.29. The van der Waals surface area contributed by atoms with E-state index in [1.807, 2.05) is 36.4 Å². The van der Waals surface area contributed by atoms with E-state index in [1.54, 1.807) is 6.07 Å². The molecular weight excluding hydrogens is 352 g/mol. The highest BCUT2D eigenvalue weighted by atomic mass is 16.2. The number of imidazole rings is 1. The quantitative estimate of drug-likeness (QED) is 0.570. The Kier molecular flexibility index (Phi) is 5.10. The van der Waals surface area contributed by atoms with Crippen molar-refractivity contribution in [1.29, 1.82) is 0 Å². The molecule has 2 aromatic carbocycles. The molecule has 0 atom stereocenters. The van der Waals surface area contributed by atoms with Crippen LogP contribution < -0.4 is 10.6 Å². The molecule has 2 amide bonds. The zero-order valence-corrected chi connectivity index (χ0v) is 15.9. The van der Waals surface area contributed by atoms with Crippen molar-refractivity contribution in [2.75, 3.05) is 10.6 Å². The fourth-order valence-electron chi connectivity index (χ4n) is 2.77. The molecule has 0 saturated heterocycles. The molecule has 2 fully saturated rings. The van der Waals surface area contributed by atoms with Crippen molar-refractivity contribution in [2.24, 2.45) is 11.8 Å². The summed E-state index contributed by atoms with van der Waals surface area (Å²) >= 11 is 0. The molecule has 0 aliphatic heterocycles. The number of aromatic nitrogens is 2. The first-order valence-electron chi connectivity index (χ1n) is 9.73. The van der Waals surface area contributed by atoms with Crippen molar-refractivity contribution < 1.29 is 9.59 Å². The van der Waals surface area contributed by atoms with Gasteiger partial charge >= 0.3 is 0 Å². The molecule has 0 unspecified atom stereocenters. The molecule has 2 saturated carbocycles. The Morgan fingerprint density at radius 2 is 1.75 bits per heavy atom. The van der Waals surface area contributed by atoms with Crippen LogP contribution in [0.3, 0.4) is 0 Å². The highest BCUT2D eigenvalue weighted by molar-refractivity contribution is 5.94. The summed E-state index contributed by atoms with van der Waals surface area (Å²) in [6.07, 6.45) is 5.60. The number of hydrogen-bond donors (Lipinski definition) is 3. The summed E-state index contributed by atoms with van der Waals surface area (Å²) in [4.78, 5) is 30.1. The molecule has 28 heavy (non-hydrogen) atoms. The van der Waals surface area contributed by atoms with Gasteiger partial charge < -0.3 is 15.6 Å². The van der Waals surface area contributed by atoms with E-state index in [1.165, 1.54) is 12.8 Å². The minimum atomic E-state index is 0.0988. The van der Waals surface area contributed by atoms with Gasteiger partial charge in [0.1, 0.15) is 5.82 Å². The van der Waals surface area contributed by atoms with Gasteiger partial charge in [-0.25, -0.2) is 4.98 Å². The summed E-state index contributed by atoms with van der Waals surface area (Å²) in [6, 6.07) is 13.1.